The predicted octanol–water partition coefficient (Wildman–Crippen LogP) is 2.79. The summed E-state index contributed by atoms with van der Waals surface area (Å²) in [6, 6.07) is 14.5. The lowest BCUT2D eigenvalue weighted by molar-refractivity contribution is 0.102. The molecule has 0 saturated heterocycles. The SMILES string of the molecule is N#CCc1ccc(C(=O)Nc2cn[nH]c2-c2ccccn2)cc1. The van der Waals surface area contributed by atoms with Gasteiger partial charge in [0.1, 0.15) is 5.69 Å². The third kappa shape index (κ3) is 3.24. The Morgan fingerprint density at radius 1 is 1.22 bits per heavy atom. The average Bonchev–Trinajstić information content (AvgIpc) is 3.05. The van der Waals surface area contributed by atoms with Crippen LogP contribution < -0.4 is 5.32 Å². The first-order valence-electron chi connectivity index (χ1n) is 7.00. The molecule has 6 nitrogen and oxygen atoms in total. The number of benzene rings is 1. The highest BCUT2D eigenvalue weighted by atomic mass is 16.1. The number of hydrogen-bond donors (Lipinski definition) is 2. The molecule has 0 saturated carbocycles. The van der Waals surface area contributed by atoms with Crippen molar-refractivity contribution in [3.05, 3.63) is 66.0 Å². The number of aromatic nitrogens is 3. The Kier molecular flexibility index (Phi) is 4.11. The molecule has 0 bridgehead atoms. The summed E-state index contributed by atoms with van der Waals surface area (Å²) in [4.78, 5) is 16.6. The van der Waals surface area contributed by atoms with Crippen molar-refractivity contribution in [1.82, 2.24) is 15.2 Å². The van der Waals surface area contributed by atoms with E-state index in [1.54, 1.807) is 36.7 Å². The van der Waals surface area contributed by atoms with Gasteiger partial charge in [-0.15, -0.1) is 0 Å². The van der Waals surface area contributed by atoms with Gasteiger partial charge in [0.2, 0.25) is 0 Å². The first kappa shape index (κ1) is 14.5. The largest absolute Gasteiger partial charge is 0.319 e. The van der Waals surface area contributed by atoms with Crippen LogP contribution in [-0.4, -0.2) is 21.1 Å². The number of carbonyl (C=O) groups excluding carboxylic acids is 1. The number of nitrogens with zero attached hydrogens (tertiary/aromatic N) is 3. The molecule has 0 fully saturated rings. The van der Waals surface area contributed by atoms with Gasteiger partial charge in [-0.2, -0.15) is 10.4 Å². The van der Waals surface area contributed by atoms with Crippen LogP contribution in [0.1, 0.15) is 15.9 Å². The van der Waals surface area contributed by atoms with E-state index in [1.165, 1.54) is 0 Å². The van der Waals surface area contributed by atoms with Gasteiger partial charge in [0.15, 0.2) is 0 Å². The minimum absolute atomic E-state index is 0.243. The van der Waals surface area contributed by atoms with Crippen LogP contribution in [-0.2, 0) is 6.42 Å². The van der Waals surface area contributed by atoms with E-state index < -0.39 is 0 Å². The van der Waals surface area contributed by atoms with Crippen molar-refractivity contribution in [3.63, 3.8) is 0 Å². The number of amides is 1. The number of H-pyrrole nitrogens is 1. The van der Waals surface area contributed by atoms with E-state index in [0.717, 1.165) is 5.56 Å². The maximum Gasteiger partial charge on any atom is 0.255 e. The van der Waals surface area contributed by atoms with Crippen molar-refractivity contribution >= 4 is 11.6 Å². The van der Waals surface area contributed by atoms with E-state index in [0.29, 0.717) is 29.1 Å². The molecule has 2 N–H and O–H groups in total. The maximum atomic E-state index is 12.3. The molecule has 23 heavy (non-hydrogen) atoms. The molecule has 0 aliphatic rings. The Morgan fingerprint density at radius 3 is 2.74 bits per heavy atom. The van der Waals surface area contributed by atoms with Gasteiger partial charge in [-0.25, -0.2) is 0 Å². The second kappa shape index (κ2) is 6.54. The van der Waals surface area contributed by atoms with Crippen LogP contribution in [0.5, 0.6) is 0 Å². The van der Waals surface area contributed by atoms with Crippen LogP contribution in [0.2, 0.25) is 0 Å². The van der Waals surface area contributed by atoms with Crippen LogP contribution in [0.4, 0.5) is 5.69 Å². The lowest BCUT2D eigenvalue weighted by Crippen LogP contribution is -2.12. The van der Waals surface area contributed by atoms with Crippen LogP contribution in [0.3, 0.4) is 0 Å². The molecular weight excluding hydrogens is 290 g/mol. The summed E-state index contributed by atoms with van der Waals surface area (Å²) in [7, 11) is 0. The lowest BCUT2D eigenvalue weighted by Gasteiger charge is -2.06. The van der Waals surface area contributed by atoms with Gasteiger partial charge in [0.25, 0.3) is 5.91 Å². The van der Waals surface area contributed by atoms with Crippen molar-refractivity contribution in [2.75, 3.05) is 5.32 Å². The summed E-state index contributed by atoms with van der Waals surface area (Å²) < 4.78 is 0. The summed E-state index contributed by atoms with van der Waals surface area (Å²) in [5.41, 5.74) is 3.31. The van der Waals surface area contributed by atoms with E-state index in [4.69, 9.17) is 5.26 Å². The van der Waals surface area contributed by atoms with E-state index in [-0.39, 0.29) is 5.91 Å². The number of aromatic amines is 1. The van der Waals surface area contributed by atoms with Gasteiger partial charge < -0.3 is 5.32 Å². The summed E-state index contributed by atoms with van der Waals surface area (Å²) in [6.45, 7) is 0. The average molecular weight is 303 g/mol. The number of rotatable bonds is 4. The van der Waals surface area contributed by atoms with Gasteiger partial charge in [-0.1, -0.05) is 18.2 Å². The monoisotopic (exact) mass is 303 g/mol. The fourth-order valence-corrected chi connectivity index (χ4v) is 2.15. The molecule has 3 rings (SSSR count). The number of pyridine rings is 1. The third-order valence-corrected chi connectivity index (χ3v) is 3.31. The summed E-state index contributed by atoms with van der Waals surface area (Å²) in [5, 5.41) is 18.3. The number of nitrogens with one attached hydrogen (secondary N) is 2. The van der Waals surface area contributed by atoms with Crippen molar-refractivity contribution in [3.8, 4) is 17.5 Å². The number of anilines is 1. The lowest BCUT2D eigenvalue weighted by atomic mass is 10.1. The van der Waals surface area contributed by atoms with Crippen LogP contribution in [0.25, 0.3) is 11.4 Å². The molecule has 112 valence electrons. The summed E-state index contributed by atoms with van der Waals surface area (Å²) >= 11 is 0. The fourth-order valence-electron chi connectivity index (χ4n) is 2.15. The number of hydrogen-bond acceptors (Lipinski definition) is 4. The molecule has 2 heterocycles. The first-order chi connectivity index (χ1) is 11.3. The topological polar surface area (TPSA) is 94.5 Å². The highest BCUT2D eigenvalue weighted by molar-refractivity contribution is 6.05. The van der Waals surface area contributed by atoms with Crippen LogP contribution >= 0.6 is 0 Å². The molecule has 3 aromatic rings. The van der Waals surface area contributed by atoms with E-state index >= 15 is 0 Å². The molecule has 0 aliphatic carbocycles. The number of carbonyl (C=O) groups is 1. The van der Waals surface area contributed by atoms with E-state index in [1.807, 2.05) is 18.2 Å². The van der Waals surface area contributed by atoms with Gasteiger partial charge >= 0.3 is 0 Å². The molecule has 6 heteroatoms. The molecule has 0 spiro atoms. The highest BCUT2D eigenvalue weighted by Gasteiger charge is 2.13. The molecular formula is C17H13N5O. The zero-order valence-corrected chi connectivity index (χ0v) is 12.2. The van der Waals surface area contributed by atoms with E-state index in [9.17, 15) is 4.79 Å². The molecule has 0 atom stereocenters. The van der Waals surface area contributed by atoms with Crippen molar-refractivity contribution < 1.29 is 4.79 Å². The molecule has 0 aliphatic heterocycles. The standard InChI is InChI=1S/C17H13N5O/c18-9-8-12-4-6-13(7-5-12)17(23)21-15-11-20-22-16(15)14-3-1-2-10-19-14/h1-7,10-11H,8H2,(H,20,22)(H,21,23). The number of nitriles is 1. The second-order valence-electron chi connectivity index (χ2n) is 4.86. The molecule has 2 aromatic heterocycles. The Bertz CT molecular complexity index is 847. The second-order valence-corrected chi connectivity index (χ2v) is 4.86. The Hall–Kier alpha value is -3.46. The maximum absolute atomic E-state index is 12.3. The van der Waals surface area contributed by atoms with Crippen molar-refractivity contribution in [1.29, 1.82) is 5.26 Å². The normalized spacial score (nSPS) is 10.0. The molecule has 1 amide bonds. The summed E-state index contributed by atoms with van der Waals surface area (Å²) in [5.74, 6) is -0.243. The zero-order chi connectivity index (χ0) is 16.1. The molecule has 1 aromatic carbocycles. The first-order valence-corrected chi connectivity index (χ1v) is 7.00. The van der Waals surface area contributed by atoms with Gasteiger partial charge in [0.05, 0.1) is 30.1 Å². The quantitative estimate of drug-likeness (QED) is 0.774. The van der Waals surface area contributed by atoms with Crippen LogP contribution in [0.15, 0.2) is 54.9 Å². The van der Waals surface area contributed by atoms with Crippen molar-refractivity contribution in [2.24, 2.45) is 0 Å². The predicted molar refractivity (Wildman–Crippen MR) is 85.5 cm³/mol. The van der Waals surface area contributed by atoms with Gasteiger partial charge in [-0.05, 0) is 29.8 Å². The Balaban J connectivity index is 1.79. The van der Waals surface area contributed by atoms with Crippen LogP contribution in [0, 0.1) is 11.3 Å². The van der Waals surface area contributed by atoms with Crippen molar-refractivity contribution in [2.45, 2.75) is 6.42 Å². The fraction of sp³-hybridized carbons (Fsp3) is 0.0588. The minimum atomic E-state index is -0.243. The molecule has 0 radical (unpaired) electrons. The Labute approximate surface area is 132 Å². The zero-order valence-electron chi connectivity index (χ0n) is 12.2. The summed E-state index contributed by atoms with van der Waals surface area (Å²) in [6.07, 6.45) is 3.55. The molecule has 0 unspecified atom stereocenters. The van der Waals surface area contributed by atoms with Gasteiger partial charge in [-0.3, -0.25) is 14.9 Å². The third-order valence-electron chi connectivity index (χ3n) is 3.31. The Morgan fingerprint density at radius 2 is 2.04 bits per heavy atom. The smallest absolute Gasteiger partial charge is 0.255 e. The van der Waals surface area contributed by atoms with E-state index in [2.05, 4.69) is 26.6 Å². The van der Waals surface area contributed by atoms with Gasteiger partial charge in [0, 0.05) is 11.8 Å². The minimum Gasteiger partial charge on any atom is -0.319 e. The highest BCUT2D eigenvalue weighted by Crippen LogP contribution is 2.23.